The molecule has 1 atom stereocenters. The first-order valence-corrected chi connectivity index (χ1v) is 9.98. The van der Waals surface area contributed by atoms with Crippen LogP contribution in [0.15, 0.2) is 48.5 Å². The number of ether oxygens (including phenoxy) is 1. The van der Waals surface area contributed by atoms with Gasteiger partial charge in [0.1, 0.15) is 17.7 Å². The Balaban J connectivity index is 1.52. The molecule has 0 saturated carbocycles. The molecule has 3 rings (SSSR count). The minimum atomic E-state index is -0.225. The largest absolute Gasteiger partial charge is 0.486 e. The summed E-state index contributed by atoms with van der Waals surface area (Å²) in [5, 5.41) is 0. The molecule has 1 aliphatic rings. The van der Waals surface area contributed by atoms with Gasteiger partial charge in [0, 0.05) is 18.5 Å². The fraction of sp³-hybridized carbons (Fsp3) is 0.417. The predicted octanol–water partition coefficient (Wildman–Crippen LogP) is 5.58. The molecule has 0 aliphatic carbocycles. The molecule has 142 valence electrons. The summed E-state index contributed by atoms with van der Waals surface area (Å²) in [6, 6.07) is 14.4. The van der Waals surface area contributed by atoms with E-state index in [0.29, 0.717) is 0 Å². The zero-order chi connectivity index (χ0) is 18.9. The van der Waals surface area contributed by atoms with Crippen molar-refractivity contribution in [2.75, 3.05) is 19.6 Å². The summed E-state index contributed by atoms with van der Waals surface area (Å²) < 4.78 is 19.2. The third kappa shape index (κ3) is 6.12. The van der Waals surface area contributed by atoms with Gasteiger partial charge in [0.2, 0.25) is 0 Å². The average molecular weight is 365 g/mol. The first-order valence-electron chi connectivity index (χ1n) is 9.98. The fourth-order valence-electron chi connectivity index (χ4n) is 3.41. The van der Waals surface area contributed by atoms with Gasteiger partial charge in [-0.25, -0.2) is 4.39 Å². The lowest BCUT2D eigenvalue weighted by molar-refractivity contribution is 0.201. The van der Waals surface area contributed by atoms with Crippen LogP contribution in [0.2, 0.25) is 0 Å². The number of likely N-dealkylation sites (tertiary alicyclic amines) is 1. The number of benzene rings is 2. The Hall–Kier alpha value is -2.31. The van der Waals surface area contributed by atoms with Gasteiger partial charge >= 0.3 is 0 Å². The maximum absolute atomic E-state index is 13.1. The summed E-state index contributed by atoms with van der Waals surface area (Å²) in [4.78, 5) is 2.51. The Labute approximate surface area is 162 Å². The molecule has 1 fully saturated rings. The third-order valence-corrected chi connectivity index (χ3v) is 4.98. The molecule has 1 heterocycles. The van der Waals surface area contributed by atoms with E-state index in [0.717, 1.165) is 36.3 Å². The summed E-state index contributed by atoms with van der Waals surface area (Å²) in [7, 11) is 0. The van der Waals surface area contributed by atoms with Crippen LogP contribution in [0.4, 0.5) is 4.39 Å². The number of nitrogens with zero attached hydrogens (tertiary/aromatic N) is 1. The highest BCUT2D eigenvalue weighted by molar-refractivity contribution is 5.38. The van der Waals surface area contributed by atoms with Crippen LogP contribution in [0.5, 0.6) is 5.75 Å². The maximum Gasteiger partial charge on any atom is 0.123 e. The SMILES string of the molecule is CCC(Oc1ccc(C#CCCN2CCCCC2)cc1)c1ccc(F)cc1. The van der Waals surface area contributed by atoms with Crippen molar-refractivity contribution >= 4 is 0 Å². The molecule has 1 unspecified atom stereocenters. The monoisotopic (exact) mass is 365 g/mol. The summed E-state index contributed by atoms with van der Waals surface area (Å²) in [6.45, 7) is 5.58. The van der Waals surface area contributed by atoms with Crippen LogP contribution in [0, 0.1) is 17.7 Å². The molecular formula is C24H28FNO. The van der Waals surface area contributed by atoms with E-state index >= 15 is 0 Å². The van der Waals surface area contributed by atoms with Crippen LogP contribution in [-0.2, 0) is 0 Å². The molecule has 0 aromatic heterocycles. The second-order valence-electron chi connectivity index (χ2n) is 7.04. The van der Waals surface area contributed by atoms with Gasteiger partial charge in [0.15, 0.2) is 0 Å². The Morgan fingerprint density at radius 2 is 1.70 bits per heavy atom. The van der Waals surface area contributed by atoms with E-state index in [-0.39, 0.29) is 11.9 Å². The minimum Gasteiger partial charge on any atom is -0.486 e. The molecule has 0 N–H and O–H groups in total. The van der Waals surface area contributed by atoms with Crippen molar-refractivity contribution in [2.45, 2.75) is 45.1 Å². The second-order valence-corrected chi connectivity index (χ2v) is 7.04. The van der Waals surface area contributed by atoms with Gasteiger partial charge in [0.05, 0.1) is 0 Å². The molecule has 2 aromatic rings. The van der Waals surface area contributed by atoms with Crippen LogP contribution in [0.1, 0.15) is 56.3 Å². The second kappa shape index (κ2) is 10.1. The molecule has 0 bridgehead atoms. The molecule has 1 saturated heterocycles. The predicted molar refractivity (Wildman–Crippen MR) is 108 cm³/mol. The van der Waals surface area contributed by atoms with Crippen molar-refractivity contribution < 1.29 is 9.13 Å². The first kappa shape index (κ1) is 19.5. The molecule has 2 aromatic carbocycles. The molecule has 27 heavy (non-hydrogen) atoms. The van der Waals surface area contributed by atoms with Gasteiger partial charge in [0.25, 0.3) is 0 Å². The minimum absolute atomic E-state index is 0.0768. The van der Waals surface area contributed by atoms with Gasteiger partial charge in [-0.2, -0.15) is 0 Å². The van der Waals surface area contributed by atoms with Gasteiger partial charge in [-0.1, -0.05) is 37.3 Å². The van der Waals surface area contributed by atoms with Crippen molar-refractivity contribution in [2.24, 2.45) is 0 Å². The highest BCUT2D eigenvalue weighted by atomic mass is 19.1. The molecule has 2 nitrogen and oxygen atoms in total. The summed E-state index contributed by atoms with van der Waals surface area (Å²) in [5.41, 5.74) is 2.00. The highest BCUT2D eigenvalue weighted by Crippen LogP contribution is 2.25. The zero-order valence-electron chi connectivity index (χ0n) is 16.1. The average Bonchev–Trinajstić information content (AvgIpc) is 2.72. The Kier molecular flexibility index (Phi) is 7.30. The van der Waals surface area contributed by atoms with E-state index in [9.17, 15) is 4.39 Å². The number of halogens is 1. The molecule has 0 spiro atoms. The lowest BCUT2D eigenvalue weighted by Gasteiger charge is -2.25. The maximum atomic E-state index is 13.1. The van der Waals surface area contributed by atoms with Crippen molar-refractivity contribution in [3.05, 3.63) is 65.5 Å². The topological polar surface area (TPSA) is 12.5 Å². The van der Waals surface area contributed by atoms with Crippen molar-refractivity contribution in [1.29, 1.82) is 0 Å². The van der Waals surface area contributed by atoms with Crippen LogP contribution in [-0.4, -0.2) is 24.5 Å². The van der Waals surface area contributed by atoms with Crippen LogP contribution in [0.25, 0.3) is 0 Å². The Bertz CT molecular complexity index is 752. The quantitative estimate of drug-likeness (QED) is 0.619. The molecular weight excluding hydrogens is 337 g/mol. The van der Waals surface area contributed by atoms with Crippen LogP contribution >= 0.6 is 0 Å². The number of hydrogen-bond acceptors (Lipinski definition) is 2. The molecule has 3 heteroatoms. The number of piperidine rings is 1. The van der Waals surface area contributed by atoms with E-state index in [1.54, 1.807) is 12.1 Å². The van der Waals surface area contributed by atoms with E-state index in [4.69, 9.17) is 4.74 Å². The van der Waals surface area contributed by atoms with E-state index in [1.807, 2.05) is 24.3 Å². The zero-order valence-corrected chi connectivity index (χ0v) is 16.1. The number of hydrogen-bond donors (Lipinski definition) is 0. The smallest absolute Gasteiger partial charge is 0.123 e. The Morgan fingerprint density at radius 3 is 2.37 bits per heavy atom. The molecule has 0 amide bonds. The Morgan fingerprint density at radius 1 is 1.00 bits per heavy atom. The lowest BCUT2D eigenvalue weighted by Crippen LogP contribution is -2.30. The van der Waals surface area contributed by atoms with Gasteiger partial charge < -0.3 is 9.64 Å². The standard InChI is InChI=1S/C24H28FNO/c1-2-24(21-11-13-22(25)14-12-21)27-23-15-9-20(10-16-23)8-4-7-19-26-17-5-3-6-18-26/h9-16,24H,2-3,5-7,17-19H2,1H3. The molecule has 1 aliphatic heterocycles. The van der Waals surface area contributed by atoms with Gasteiger partial charge in [-0.15, -0.1) is 0 Å². The van der Waals surface area contributed by atoms with E-state index in [2.05, 4.69) is 23.7 Å². The number of rotatable bonds is 6. The van der Waals surface area contributed by atoms with Crippen molar-refractivity contribution in [1.82, 2.24) is 4.90 Å². The lowest BCUT2D eigenvalue weighted by atomic mass is 10.1. The van der Waals surface area contributed by atoms with Crippen LogP contribution in [0.3, 0.4) is 0 Å². The van der Waals surface area contributed by atoms with Crippen molar-refractivity contribution in [3.63, 3.8) is 0 Å². The summed E-state index contributed by atoms with van der Waals surface area (Å²) in [5.74, 6) is 7.11. The first-order chi connectivity index (χ1) is 13.2. The normalized spacial score (nSPS) is 15.6. The highest BCUT2D eigenvalue weighted by Gasteiger charge is 2.11. The van der Waals surface area contributed by atoms with E-state index < -0.39 is 0 Å². The van der Waals surface area contributed by atoms with E-state index in [1.165, 1.54) is 44.5 Å². The fourth-order valence-corrected chi connectivity index (χ4v) is 3.41. The van der Waals surface area contributed by atoms with Gasteiger partial charge in [-0.05, 0) is 74.3 Å². The third-order valence-electron chi connectivity index (χ3n) is 4.98. The van der Waals surface area contributed by atoms with Gasteiger partial charge in [-0.3, -0.25) is 0 Å². The summed E-state index contributed by atoms with van der Waals surface area (Å²) >= 11 is 0. The van der Waals surface area contributed by atoms with Crippen molar-refractivity contribution in [3.8, 4) is 17.6 Å². The molecule has 0 radical (unpaired) electrons. The summed E-state index contributed by atoms with van der Waals surface area (Å²) in [6.07, 6.45) is 5.69. The van der Waals surface area contributed by atoms with Crippen LogP contribution < -0.4 is 4.74 Å².